The molecule has 106 valence electrons. The minimum absolute atomic E-state index is 0.0419. The van der Waals surface area contributed by atoms with Crippen molar-refractivity contribution in [2.75, 3.05) is 0 Å². The van der Waals surface area contributed by atoms with E-state index < -0.39 is 0 Å². The van der Waals surface area contributed by atoms with Crippen molar-refractivity contribution >= 4 is 80.5 Å². The van der Waals surface area contributed by atoms with Gasteiger partial charge in [-0.2, -0.15) is 0 Å². The molecule has 2 aromatic carbocycles. The standard InChI is InChI=1S/C17H7Br2NOS/c18-12-14-15(22-16(12)19)11-7-3-6-9-8-4-1-2-5-10(8)17(21)20(14)13(9)11/h1-7H. The average Bonchev–Trinajstić information content (AvgIpc) is 3.01. The summed E-state index contributed by atoms with van der Waals surface area (Å²) in [6, 6.07) is 14.1. The minimum atomic E-state index is 0.0419. The monoisotopic (exact) mass is 431 g/mol. The molecule has 0 aliphatic rings. The molecule has 5 heteroatoms. The average molecular weight is 433 g/mol. The lowest BCUT2D eigenvalue weighted by Gasteiger charge is -2.06. The van der Waals surface area contributed by atoms with E-state index in [-0.39, 0.29) is 5.56 Å². The molecule has 0 fully saturated rings. The quantitative estimate of drug-likeness (QED) is 0.284. The number of benzene rings is 2. The lowest BCUT2D eigenvalue weighted by atomic mass is 10.1. The zero-order valence-electron chi connectivity index (χ0n) is 11.1. The van der Waals surface area contributed by atoms with Crippen molar-refractivity contribution in [3.05, 3.63) is 61.1 Å². The van der Waals surface area contributed by atoms with E-state index in [0.29, 0.717) is 0 Å². The van der Waals surface area contributed by atoms with Crippen LogP contribution in [0.15, 0.2) is 55.5 Å². The predicted octanol–water partition coefficient (Wildman–Crippen LogP) is 5.78. The summed E-state index contributed by atoms with van der Waals surface area (Å²) in [5, 5.41) is 4.03. The van der Waals surface area contributed by atoms with E-state index in [0.717, 1.165) is 45.5 Å². The topological polar surface area (TPSA) is 21.5 Å². The molecule has 2 nitrogen and oxygen atoms in total. The summed E-state index contributed by atoms with van der Waals surface area (Å²) in [7, 11) is 0. The van der Waals surface area contributed by atoms with E-state index >= 15 is 0 Å². The van der Waals surface area contributed by atoms with Crippen LogP contribution < -0.4 is 5.56 Å². The molecule has 0 N–H and O–H groups in total. The molecule has 0 amide bonds. The van der Waals surface area contributed by atoms with Crippen LogP contribution in [0.25, 0.3) is 37.3 Å². The van der Waals surface area contributed by atoms with Gasteiger partial charge in [0.25, 0.3) is 5.56 Å². The first-order chi connectivity index (χ1) is 10.7. The first-order valence-corrected chi connectivity index (χ1v) is 9.14. The van der Waals surface area contributed by atoms with Crippen molar-refractivity contribution in [1.29, 1.82) is 0 Å². The van der Waals surface area contributed by atoms with Crippen molar-refractivity contribution in [2.45, 2.75) is 0 Å². The molecule has 3 aromatic heterocycles. The fourth-order valence-electron chi connectivity index (χ4n) is 3.28. The van der Waals surface area contributed by atoms with Crippen LogP contribution in [0.3, 0.4) is 0 Å². The number of hydrogen-bond donors (Lipinski definition) is 0. The number of aromatic nitrogens is 1. The smallest absolute Gasteiger partial charge is 0.263 e. The highest BCUT2D eigenvalue weighted by atomic mass is 79.9. The molecule has 5 rings (SSSR count). The summed E-state index contributed by atoms with van der Waals surface area (Å²) < 4.78 is 4.95. The van der Waals surface area contributed by atoms with Gasteiger partial charge in [0.05, 0.1) is 24.0 Å². The number of hydrogen-bond acceptors (Lipinski definition) is 2. The van der Waals surface area contributed by atoms with Crippen LogP contribution in [-0.2, 0) is 0 Å². The summed E-state index contributed by atoms with van der Waals surface area (Å²) in [5.74, 6) is 0. The Balaban J connectivity index is 2.31. The zero-order valence-corrected chi connectivity index (χ0v) is 15.0. The summed E-state index contributed by atoms with van der Waals surface area (Å²) in [4.78, 5) is 13.1. The zero-order chi connectivity index (χ0) is 15.0. The number of nitrogens with zero attached hydrogens (tertiary/aromatic N) is 1. The van der Waals surface area contributed by atoms with Crippen LogP contribution >= 0.6 is 43.2 Å². The van der Waals surface area contributed by atoms with E-state index in [4.69, 9.17) is 0 Å². The third-order valence-electron chi connectivity index (χ3n) is 4.17. The van der Waals surface area contributed by atoms with Gasteiger partial charge in [-0.25, -0.2) is 0 Å². The number of para-hydroxylation sites is 1. The summed E-state index contributed by atoms with van der Waals surface area (Å²) in [6.45, 7) is 0. The molecule has 0 saturated carbocycles. The third kappa shape index (κ3) is 1.42. The van der Waals surface area contributed by atoms with Crippen molar-refractivity contribution in [1.82, 2.24) is 4.40 Å². The molecule has 0 unspecified atom stereocenters. The number of halogens is 2. The number of pyridine rings is 1. The third-order valence-corrected chi connectivity index (χ3v) is 7.62. The lowest BCUT2D eigenvalue weighted by Crippen LogP contribution is -2.12. The molecule has 3 heterocycles. The molecule has 0 saturated heterocycles. The van der Waals surface area contributed by atoms with E-state index in [2.05, 4.69) is 50.1 Å². The van der Waals surface area contributed by atoms with Gasteiger partial charge in [-0.1, -0.05) is 36.4 Å². The summed E-state index contributed by atoms with van der Waals surface area (Å²) in [6.07, 6.45) is 0. The Morgan fingerprint density at radius 3 is 2.32 bits per heavy atom. The maximum absolute atomic E-state index is 13.1. The Morgan fingerprint density at radius 1 is 0.818 bits per heavy atom. The molecule has 5 aromatic rings. The van der Waals surface area contributed by atoms with E-state index in [1.54, 1.807) is 11.3 Å². The highest BCUT2D eigenvalue weighted by molar-refractivity contribution is 9.13. The van der Waals surface area contributed by atoms with E-state index in [1.807, 2.05) is 28.7 Å². The second-order valence-electron chi connectivity index (χ2n) is 5.26. The van der Waals surface area contributed by atoms with Crippen LogP contribution in [0.4, 0.5) is 0 Å². The fourth-order valence-corrected chi connectivity index (χ4v) is 5.64. The maximum Gasteiger partial charge on any atom is 0.263 e. The minimum Gasteiger partial charge on any atom is -0.273 e. The molecule has 0 aliphatic heterocycles. The van der Waals surface area contributed by atoms with Crippen LogP contribution in [0.5, 0.6) is 0 Å². The largest absolute Gasteiger partial charge is 0.273 e. The molecule has 0 spiro atoms. The van der Waals surface area contributed by atoms with Crippen LogP contribution in [0.1, 0.15) is 0 Å². The van der Waals surface area contributed by atoms with Gasteiger partial charge in [0, 0.05) is 16.2 Å². The summed E-state index contributed by atoms with van der Waals surface area (Å²) in [5.41, 5.74) is 2.01. The van der Waals surface area contributed by atoms with Crippen LogP contribution in [0, 0.1) is 0 Å². The normalized spacial score (nSPS) is 12.3. The first-order valence-electron chi connectivity index (χ1n) is 6.73. The second-order valence-corrected chi connectivity index (χ2v) is 8.39. The number of fused-ring (bicyclic) bond motifs is 5. The van der Waals surface area contributed by atoms with E-state index in [9.17, 15) is 4.79 Å². The Kier molecular flexibility index (Phi) is 2.56. The number of rotatable bonds is 0. The van der Waals surface area contributed by atoms with Gasteiger partial charge in [0.1, 0.15) is 0 Å². The Hall–Kier alpha value is -1.43. The van der Waals surface area contributed by atoms with Crippen molar-refractivity contribution in [2.24, 2.45) is 0 Å². The van der Waals surface area contributed by atoms with Gasteiger partial charge >= 0.3 is 0 Å². The molecule has 0 aliphatic carbocycles. The number of thiophene rings is 1. The van der Waals surface area contributed by atoms with Gasteiger partial charge in [0.2, 0.25) is 0 Å². The Labute approximate surface area is 145 Å². The molecule has 0 bridgehead atoms. The van der Waals surface area contributed by atoms with Gasteiger partial charge in [-0.3, -0.25) is 9.20 Å². The van der Waals surface area contributed by atoms with Crippen LogP contribution in [-0.4, -0.2) is 4.40 Å². The van der Waals surface area contributed by atoms with Gasteiger partial charge < -0.3 is 0 Å². The van der Waals surface area contributed by atoms with Crippen molar-refractivity contribution < 1.29 is 0 Å². The lowest BCUT2D eigenvalue weighted by molar-refractivity contribution is 1.21. The molecular formula is C17H7Br2NOS. The molecule has 0 atom stereocenters. The van der Waals surface area contributed by atoms with E-state index in [1.165, 1.54) is 0 Å². The second kappa shape index (κ2) is 4.31. The maximum atomic E-state index is 13.1. The van der Waals surface area contributed by atoms with Gasteiger partial charge in [-0.05, 0) is 43.3 Å². The predicted molar refractivity (Wildman–Crippen MR) is 101 cm³/mol. The molecular weight excluding hydrogens is 426 g/mol. The molecule has 22 heavy (non-hydrogen) atoms. The summed E-state index contributed by atoms with van der Waals surface area (Å²) >= 11 is 8.86. The molecule has 0 radical (unpaired) electrons. The highest BCUT2D eigenvalue weighted by Crippen LogP contribution is 2.45. The Bertz CT molecular complexity index is 1270. The highest BCUT2D eigenvalue weighted by Gasteiger charge is 2.21. The Morgan fingerprint density at radius 2 is 1.50 bits per heavy atom. The first kappa shape index (κ1) is 13.0. The fraction of sp³-hybridized carbons (Fsp3) is 0. The van der Waals surface area contributed by atoms with Crippen LogP contribution in [0.2, 0.25) is 0 Å². The van der Waals surface area contributed by atoms with Crippen molar-refractivity contribution in [3.8, 4) is 0 Å². The SMILES string of the molecule is O=c1c2ccccc2c2cccc3c4sc(Br)c(Br)c4n1c23. The van der Waals surface area contributed by atoms with Gasteiger partial charge in [-0.15, -0.1) is 11.3 Å². The van der Waals surface area contributed by atoms with Crippen molar-refractivity contribution in [3.63, 3.8) is 0 Å². The van der Waals surface area contributed by atoms with Gasteiger partial charge in [0.15, 0.2) is 0 Å².